The van der Waals surface area contributed by atoms with Gasteiger partial charge in [-0.15, -0.1) is 0 Å². The molecule has 36 heavy (non-hydrogen) atoms. The van der Waals surface area contributed by atoms with Gasteiger partial charge in [0.2, 0.25) is 15.9 Å². The van der Waals surface area contributed by atoms with E-state index in [2.05, 4.69) is 4.72 Å². The number of sulfonamides is 1. The molecule has 0 saturated carbocycles. The highest BCUT2D eigenvalue weighted by Gasteiger charge is 2.40. The molecule has 10 heteroatoms. The number of benzene rings is 2. The van der Waals surface area contributed by atoms with Crippen LogP contribution in [0.2, 0.25) is 0 Å². The smallest absolute Gasteiger partial charge is 0.304 e. The molecule has 0 spiro atoms. The molecule has 4 rings (SSSR count). The van der Waals surface area contributed by atoms with Crippen LogP contribution < -0.4 is 10.5 Å². The fourth-order valence-electron chi connectivity index (χ4n) is 5.25. The van der Waals surface area contributed by atoms with Crippen molar-refractivity contribution in [3.05, 3.63) is 65.2 Å². The lowest BCUT2D eigenvalue weighted by molar-refractivity contribution is -0.142. The zero-order chi connectivity index (χ0) is 25.0. The Morgan fingerprint density at radius 2 is 1.83 bits per heavy atom. The maximum Gasteiger partial charge on any atom is 0.304 e. The quantitative estimate of drug-likeness (QED) is 0.405. The zero-order valence-electron chi connectivity index (χ0n) is 20.2. The molecule has 1 heterocycles. The lowest BCUT2D eigenvalue weighted by Crippen LogP contribution is -2.42. The van der Waals surface area contributed by atoms with Crippen LogP contribution in [0, 0.1) is 11.8 Å². The topological polar surface area (TPSA) is 161 Å². The van der Waals surface area contributed by atoms with Crippen molar-refractivity contribution in [1.82, 2.24) is 9.62 Å². The van der Waals surface area contributed by atoms with Gasteiger partial charge in [0.05, 0.1) is 17.2 Å². The van der Waals surface area contributed by atoms with E-state index >= 15 is 0 Å². The van der Waals surface area contributed by atoms with E-state index in [0.29, 0.717) is 31.8 Å². The Morgan fingerprint density at radius 3 is 2.53 bits per heavy atom. The Labute approximate surface area is 212 Å². The van der Waals surface area contributed by atoms with Crippen LogP contribution in [0.15, 0.2) is 53.4 Å². The minimum Gasteiger partial charge on any atom is -0.481 e. The number of fused-ring (bicyclic) bond motifs is 1. The summed E-state index contributed by atoms with van der Waals surface area (Å²) in [6, 6.07) is 14.7. The van der Waals surface area contributed by atoms with Gasteiger partial charge in [-0.2, -0.15) is 0 Å². The standard InChI is InChI=1S/C26H33N3O5S.H2O/c27-16-19-11-20-8-9-24(14-21(20)12-19)35(33,34)28-17-23-13-22(15-25(30)31)26(32)29(23)10-4-7-18-5-2-1-3-6-18;/h1-3,5-6,8-9,14,19,22-23,28H,4,7,10-13,15-17,27H2,(H,30,31);1H2/t19?,22-,23-;/m0./s1. The Hall–Kier alpha value is -2.79. The molecule has 0 bridgehead atoms. The van der Waals surface area contributed by atoms with Gasteiger partial charge in [-0.3, -0.25) is 9.59 Å². The van der Waals surface area contributed by atoms with Crippen molar-refractivity contribution < 1.29 is 28.6 Å². The molecular weight excluding hydrogens is 482 g/mol. The number of likely N-dealkylation sites (tertiary alicyclic amines) is 1. The average molecular weight is 518 g/mol. The second-order valence-corrected chi connectivity index (χ2v) is 11.4. The van der Waals surface area contributed by atoms with Gasteiger partial charge in [0.1, 0.15) is 0 Å². The summed E-state index contributed by atoms with van der Waals surface area (Å²) in [6.07, 6.45) is 3.22. The van der Waals surface area contributed by atoms with Crippen molar-refractivity contribution in [1.29, 1.82) is 0 Å². The first kappa shape index (κ1) is 27.8. The van der Waals surface area contributed by atoms with E-state index in [4.69, 9.17) is 5.73 Å². The van der Waals surface area contributed by atoms with Gasteiger partial charge in [0.15, 0.2) is 0 Å². The summed E-state index contributed by atoms with van der Waals surface area (Å²) in [5.74, 6) is -1.53. The summed E-state index contributed by atoms with van der Waals surface area (Å²) in [6.45, 7) is 1.08. The van der Waals surface area contributed by atoms with Gasteiger partial charge in [-0.1, -0.05) is 36.4 Å². The second kappa shape index (κ2) is 12.0. The predicted molar refractivity (Wildman–Crippen MR) is 136 cm³/mol. The van der Waals surface area contributed by atoms with Crippen LogP contribution in [-0.2, 0) is 38.9 Å². The molecule has 3 atom stereocenters. The van der Waals surface area contributed by atoms with Gasteiger partial charge in [-0.05, 0) is 73.4 Å². The van der Waals surface area contributed by atoms with Gasteiger partial charge >= 0.3 is 5.97 Å². The first-order valence-electron chi connectivity index (χ1n) is 12.1. The molecule has 1 aliphatic carbocycles. The van der Waals surface area contributed by atoms with Crippen molar-refractivity contribution in [2.45, 2.75) is 49.5 Å². The monoisotopic (exact) mass is 517 g/mol. The maximum absolute atomic E-state index is 13.1. The van der Waals surface area contributed by atoms with Crippen molar-refractivity contribution in [3.63, 3.8) is 0 Å². The fraction of sp³-hybridized carbons (Fsp3) is 0.462. The molecule has 0 aromatic heterocycles. The van der Waals surface area contributed by atoms with Gasteiger partial charge < -0.3 is 21.2 Å². The van der Waals surface area contributed by atoms with E-state index in [1.807, 2.05) is 36.4 Å². The summed E-state index contributed by atoms with van der Waals surface area (Å²) in [5, 5.41) is 9.22. The normalized spacial score (nSPS) is 21.3. The molecule has 6 N–H and O–H groups in total. The molecular formula is C26H35N3O6S. The number of amides is 1. The van der Waals surface area contributed by atoms with Crippen LogP contribution in [-0.4, -0.2) is 61.5 Å². The summed E-state index contributed by atoms with van der Waals surface area (Å²) in [7, 11) is -3.77. The third-order valence-electron chi connectivity index (χ3n) is 7.11. The molecule has 0 radical (unpaired) electrons. The van der Waals surface area contributed by atoms with Crippen molar-refractivity contribution in [3.8, 4) is 0 Å². The fourth-order valence-corrected chi connectivity index (χ4v) is 6.37. The number of hydrogen-bond donors (Lipinski definition) is 3. The van der Waals surface area contributed by atoms with Crippen LogP contribution in [0.25, 0.3) is 0 Å². The molecule has 1 aliphatic heterocycles. The number of carbonyl (C=O) groups excluding carboxylic acids is 1. The van der Waals surface area contributed by atoms with Gasteiger partial charge in [-0.25, -0.2) is 13.1 Å². The van der Waals surface area contributed by atoms with Gasteiger partial charge in [0, 0.05) is 19.1 Å². The van der Waals surface area contributed by atoms with E-state index in [0.717, 1.165) is 36.0 Å². The SMILES string of the molecule is NCC1Cc2ccc(S(=O)(=O)NC[C@@H]3C[C@@H](CC(=O)O)C(=O)N3CCCc3ccccc3)cc2C1.O. The largest absolute Gasteiger partial charge is 0.481 e. The number of carboxylic acid groups (broad SMARTS) is 1. The number of carboxylic acids is 1. The second-order valence-electron chi connectivity index (χ2n) is 9.60. The summed E-state index contributed by atoms with van der Waals surface area (Å²) >= 11 is 0. The predicted octanol–water partition coefficient (Wildman–Crippen LogP) is 1.14. The van der Waals surface area contributed by atoms with E-state index in [1.54, 1.807) is 17.0 Å². The van der Waals surface area contributed by atoms with Crippen LogP contribution in [0.4, 0.5) is 0 Å². The summed E-state index contributed by atoms with van der Waals surface area (Å²) in [4.78, 5) is 26.1. The summed E-state index contributed by atoms with van der Waals surface area (Å²) in [5.41, 5.74) is 9.11. The van der Waals surface area contributed by atoms with E-state index < -0.39 is 21.9 Å². The third-order valence-corrected chi connectivity index (χ3v) is 8.53. The molecule has 1 fully saturated rings. The number of hydrogen-bond acceptors (Lipinski definition) is 5. The Morgan fingerprint density at radius 1 is 1.11 bits per heavy atom. The third kappa shape index (κ3) is 6.50. The number of nitrogens with one attached hydrogen (secondary N) is 1. The van der Waals surface area contributed by atoms with E-state index in [1.165, 1.54) is 0 Å². The molecule has 2 aromatic carbocycles. The minimum atomic E-state index is -3.77. The highest BCUT2D eigenvalue weighted by Crippen LogP contribution is 2.30. The lowest BCUT2D eigenvalue weighted by atomic mass is 10.0. The minimum absolute atomic E-state index is 0. The molecule has 9 nitrogen and oxygen atoms in total. The number of rotatable bonds is 11. The summed E-state index contributed by atoms with van der Waals surface area (Å²) < 4.78 is 28.8. The first-order chi connectivity index (χ1) is 16.8. The molecule has 1 unspecified atom stereocenters. The Kier molecular flexibility index (Phi) is 9.24. The van der Waals surface area contributed by atoms with Crippen LogP contribution in [0.5, 0.6) is 0 Å². The average Bonchev–Trinajstić information content (AvgIpc) is 3.38. The molecule has 1 amide bonds. The highest BCUT2D eigenvalue weighted by molar-refractivity contribution is 7.89. The molecule has 2 aliphatic rings. The van der Waals surface area contributed by atoms with Crippen molar-refractivity contribution in [2.75, 3.05) is 19.6 Å². The first-order valence-corrected chi connectivity index (χ1v) is 13.6. The number of nitrogens with zero attached hydrogens (tertiary/aromatic N) is 1. The highest BCUT2D eigenvalue weighted by atomic mass is 32.2. The molecule has 196 valence electrons. The van der Waals surface area contributed by atoms with E-state index in [-0.39, 0.29) is 35.3 Å². The van der Waals surface area contributed by atoms with Crippen LogP contribution in [0.1, 0.15) is 36.0 Å². The zero-order valence-corrected chi connectivity index (χ0v) is 21.0. The number of carbonyl (C=O) groups is 2. The molecule has 1 saturated heterocycles. The van der Waals surface area contributed by atoms with Gasteiger partial charge in [0.25, 0.3) is 0 Å². The molecule has 2 aromatic rings. The van der Waals surface area contributed by atoms with Crippen molar-refractivity contribution in [2.24, 2.45) is 17.6 Å². The Balaban J connectivity index is 0.00000361. The Bertz CT molecular complexity index is 1170. The lowest BCUT2D eigenvalue weighted by Gasteiger charge is -2.25. The van der Waals surface area contributed by atoms with Crippen LogP contribution >= 0.6 is 0 Å². The number of nitrogens with two attached hydrogens (primary N) is 1. The number of aliphatic carboxylic acids is 1. The van der Waals surface area contributed by atoms with Crippen LogP contribution in [0.3, 0.4) is 0 Å². The van der Waals surface area contributed by atoms with Crippen molar-refractivity contribution >= 4 is 21.9 Å². The van der Waals surface area contributed by atoms with E-state index in [9.17, 15) is 23.1 Å². The maximum atomic E-state index is 13.1. The number of aryl methyl sites for hydroxylation is 1.